The van der Waals surface area contributed by atoms with Gasteiger partial charge < -0.3 is 19.8 Å². The Bertz CT molecular complexity index is 1250. The van der Waals surface area contributed by atoms with Gasteiger partial charge in [-0.05, 0) is 48.5 Å². The number of carbonyl (C=O) groups is 2. The topological polar surface area (TPSA) is 80.6 Å². The smallest absolute Gasteiger partial charge is 0.293 e. The Labute approximate surface area is 175 Å². The standard InChI is InChI=1S/C23H16F2N2O4/c24-14-9-11-15(12-10-14)30-13-20(28)27-21-16-5-1-4-8-19(16)31-22(21)23(29)26-18-7-3-2-6-17(18)25/h1-12H,13H2,(H,26,29)(H,27,28). The molecule has 4 rings (SSSR count). The third-order valence-electron chi connectivity index (χ3n) is 4.37. The van der Waals surface area contributed by atoms with Gasteiger partial charge >= 0.3 is 0 Å². The molecule has 0 radical (unpaired) electrons. The van der Waals surface area contributed by atoms with Crippen molar-refractivity contribution in [1.29, 1.82) is 0 Å². The van der Waals surface area contributed by atoms with Crippen LogP contribution in [0.15, 0.2) is 77.2 Å². The SMILES string of the molecule is O=C(COc1ccc(F)cc1)Nc1c(C(=O)Nc2ccccc2F)oc2ccccc12. The number of halogens is 2. The Morgan fingerprint density at radius 3 is 2.35 bits per heavy atom. The van der Waals surface area contributed by atoms with Crippen LogP contribution < -0.4 is 15.4 Å². The molecular formula is C23H16F2N2O4. The van der Waals surface area contributed by atoms with E-state index in [4.69, 9.17) is 9.15 Å². The van der Waals surface area contributed by atoms with Crippen molar-refractivity contribution in [1.82, 2.24) is 0 Å². The first kappa shape index (κ1) is 20.1. The molecule has 6 nitrogen and oxygen atoms in total. The molecule has 0 fully saturated rings. The van der Waals surface area contributed by atoms with Crippen LogP contribution in [0.25, 0.3) is 11.0 Å². The average molecular weight is 422 g/mol. The Morgan fingerprint density at radius 2 is 1.58 bits per heavy atom. The Kier molecular flexibility index (Phi) is 5.61. The molecule has 2 amide bonds. The normalized spacial score (nSPS) is 10.6. The molecule has 0 aliphatic rings. The molecule has 0 spiro atoms. The summed E-state index contributed by atoms with van der Waals surface area (Å²) >= 11 is 0. The van der Waals surface area contributed by atoms with Gasteiger partial charge in [-0.3, -0.25) is 9.59 Å². The number of ether oxygens (including phenoxy) is 1. The minimum atomic E-state index is -0.726. The first-order valence-corrected chi connectivity index (χ1v) is 9.27. The quantitative estimate of drug-likeness (QED) is 0.459. The summed E-state index contributed by atoms with van der Waals surface area (Å²) in [6.45, 7) is -0.375. The maximum Gasteiger partial charge on any atom is 0.293 e. The van der Waals surface area contributed by atoms with E-state index in [0.717, 1.165) is 0 Å². The average Bonchev–Trinajstić information content (AvgIpc) is 3.13. The van der Waals surface area contributed by atoms with Crippen molar-refractivity contribution in [2.24, 2.45) is 0 Å². The summed E-state index contributed by atoms with van der Waals surface area (Å²) in [4.78, 5) is 25.2. The number of hydrogen-bond donors (Lipinski definition) is 2. The lowest BCUT2D eigenvalue weighted by Crippen LogP contribution is -2.22. The van der Waals surface area contributed by atoms with Gasteiger partial charge in [-0.15, -0.1) is 0 Å². The summed E-state index contributed by atoms with van der Waals surface area (Å²) in [6, 6.07) is 17.7. The molecule has 0 bridgehead atoms. The van der Waals surface area contributed by atoms with Crippen molar-refractivity contribution in [3.8, 4) is 5.75 Å². The number of benzene rings is 3. The fourth-order valence-corrected chi connectivity index (χ4v) is 2.93. The van der Waals surface area contributed by atoms with Gasteiger partial charge in [0.15, 0.2) is 6.61 Å². The molecule has 1 aromatic heterocycles. The maximum absolute atomic E-state index is 13.9. The zero-order chi connectivity index (χ0) is 21.8. The molecule has 31 heavy (non-hydrogen) atoms. The van der Waals surface area contributed by atoms with Crippen molar-refractivity contribution in [2.75, 3.05) is 17.2 Å². The fourth-order valence-electron chi connectivity index (χ4n) is 2.93. The predicted molar refractivity (Wildman–Crippen MR) is 111 cm³/mol. The molecule has 0 aliphatic carbocycles. The van der Waals surface area contributed by atoms with E-state index in [1.165, 1.54) is 42.5 Å². The molecule has 3 aromatic carbocycles. The minimum absolute atomic E-state index is 0.0233. The number of fused-ring (bicyclic) bond motifs is 1. The van der Waals surface area contributed by atoms with Crippen LogP contribution >= 0.6 is 0 Å². The molecule has 0 aliphatic heterocycles. The minimum Gasteiger partial charge on any atom is -0.484 e. The van der Waals surface area contributed by atoms with Gasteiger partial charge in [0.2, 0.25) is 5.76 Å². The third-order valence-corrected chi connectivity index (χ3v) is 4.37. The second-order valence-electron chi connectivity index (χ2n) is 6.53. The van der Waals surface area contributed by atoms with Gasteiger partial charge in [0.25, 0.3) is 11.8 Å². The molecule has 2 N–H and O–H groups in total. The summed E-state index contributed by atoms with van der Waals surface area (Å²) in [6.07, 6.45) is 0. The summed E-state index contributed by atoms with van der Waals surface area (Å²) in [5.74, 6) is -2.19. The second-order valence-corrected chi connectivity index (χ2v) is 6.53. The van der Waals surface area contributed by atoms with Gasteiger partial charge in [-0.1, -0.05) is 24.3 Å². The van der Waals surface area contributed by atoms with Crippen molar-refractivity contribution in [2.45, 2.75) is 0 Å². The van der Waals surface area contributed by atoms with Crippen molar-refractivity contribution in [3.63, 3.8) is 0 Å². The van der Waals surface area contributed by atoms with Crippen LogP contribution in [0.1, 0.15) is 10.6 Å². The fraction of sp³-hybridized carbons (Fsp3) is 0.0435. The molecule has 1 heterocycles. The highest BCUT2D eigenvalue weighted by molar-refractivity contribution is 6.14. The molecule has 0 saturated carbocycles. The third kappa shape index (κ3) is 4.53. The zero-order valence-corrected chi connectivity index (χ0v) is 16.0. The highest BCUT2D eigenvalue weighted by Crippen LogP contribution is 2.31. The number of hydrogen-bond acceptors (Lipinski definition) is 4. The Morgan fingerprint density at radius 1 is 0.871 bits per heavy atom. The van der Waals surface area contributed by atoms with Gasteiger partial charge in [0, 0.05) is 5.39 Å². The lowest BCUT2D eigenvalue weighted by atomic mass is 10.2. The van der Waals surface area contributed by atoms with Crippen molar-refractivity contribution >= 4 is 34.2 Å². The molecule has 156 valence electrons. The van der Waals surface area contributed by atoms with E-state index in [2.05, 4.69) is 10.6 Å². The first-order valence-electron chi connectivity index (χ1n) is 9.27. The molecule has 8 heteroatoms. The summed E-state index contributed by atoms with van der Waals surface area (Å²) in [5, 5.41) is 5.55. The number of para-hydroxylation sites is 2. The van der Waals surface area contributed by atoms with E-state index in [-0.39, 0.29) is 23.7 Å². The number of amides is 2. The molecule has 0 atom stereocenters. The summed E-state index contributed by atoms with van der Waals surface area (Å²) in [5.41, 5.74) is 0.484. The van der Waals surface area contributed by atoms with E-state index in [9.17, 15) is 18.4 Å². The van der Waals surface area contributed by atoms with Crippen LogP contribution in [0.5, 0.6) is 5.75 Å². The predicted octanol–water partition coefficient (Wildman–Crippen LogP) is 4.98. The molecule has 4 aromatic rings. The van der Waals surface area contributed by atoms with Gasteiger partial charge in [0.1, 0.15) is 28.7 Å². The highest BCUT2D eigenvalue weighted by Gasteiger charge is 2.23. The number of carbonyl (C=O) groups excluding carboxylic acids is 2. The lowest BCUT2D eigenvalue weighted by Gasteiger charge is -2.09. The van der Waals surface area contributed by atoms with Crippen molar-refractivity contribution in [3.05, 3.63) is 90.2 Å². The van der Waals surface area contributed by atoms with Crippen LogP contribution in [0.4, 0.5) is 20.2 Å². The van der Waals surface area contributed by atoms with Gasteiger partial charge in [0.05, 0.1) is 5.69 Å². The van der Waals surface area contributed by atoms with Crippen molar-refractivity contribution < 1.29 is 27.5 Å². The van der Waals surface area contributed by atoms with E-state index < -0.39 is 23.4 Å². The maximum atomic E-state index is 13.9. The van der Waals surface area contributed by atoms with Crippen LogP contribution in [-0.4, -0.2) is 18.4 Å². The monoisotopic (exact) mass is 422 g/mol. The largest absolute Gasteiger partial charge is 0.484 e. The summed E-state index contributed by atoms with van der Waals surface area (Å²) in [7, 11) is 0. The van der Waals surface area contributed by atoms with Crippen LogP contribution in [0.2, 0.25) is 0 Å². The highest BCUT2D eigenvalue weighted by atomic mass is 19.1. The van der Waals surface area contributed by atoms with E-state index >= 15 is 0 Å². The van der Waals surface area contributed by atoms with E-state index in [1.807, 2.05) is 0 Å². The lowest BCUT2D eigenvalue weighted by molar-refractivity contribution is -0.118. The number of furan rings is 1. The van der Waals surface area contributed by atoms with E-state index in [0.29, 0.717) is 16.7 Å². The molecular weight excluding hydrogens is 406 g/mol. The summed E-state index contributed by atoms with van der Waals surface area (Å²) < 4.78 is 37.8. The number of rotatable bonds is 6. The molecule has 0 saturated heterocycles. The van der Waals surface area contributed by atoms with Crippen LogP contribution in [0, 0.1) is 11.6 Å². The molecule has 0 unspecified atom stereocenters. The van der Waals surface area contributed by atoms with E-state index in [1.54, 1.807) is 30.3 Å². The second kappa shape index (κ2) is 8.66. The zero-order valence-electron chi connectivity index (χ0n) is 16.0. The number of anilines is 2. The Balaban J connectivity index is 1.56. The number of nitrogens with one attached hydrogen (secondary N) is 2. The van der Waals surface area contributed by atoms with Gasteiger partial charge in [-0.25, -0.2) is 8.78 Å². The first-order chi connectivity index (χ1) is 15.0. The van der Waals surface area contributed by atoms with Crippen LogP contribution in [0.3, 0.4) is 0 Å². The van der Waals surface area contributed by atoms with Crippen LogP contribution in [-0.2, 0) is 4.79 Å². The van der Waals surface area contributed by atoms with Gasteiger partial charge in [-0.2, -0.15) is 0 Å². The Hall–Kier alpha value is -4.20.